The summed E-state index contributed by atoms with van der Waals surface area (Å²) in [6.07, 6.45) is 0. The number of benzene rings is 4. The van der Waals surface area contributed by atoms with Crippen LogP contribution >= 0.6 is 0 Å². The number of amides is 1. The van der Waals surface area contributed by atoms with Crippen molar-refractivity contribution in [2.45, 2.75) is 6.92 Å². The predicted octanol–water partition coefficient (Wildman–Crippen LogP) is 5.79. The van der Waals surface area contributed by atoms with Crippen LogP contribution in [0.25, 0.3) is 21.5 Å². The highest BCUT2D eigenvalue weighted by molar-refractivity contribution is 6.07. The summed E-state index contributed by atoms with van der Waals surface area (Å²) in [7, 11) is 2.92. The van der Waals surface area contributed by atoms with Crippen LogP contribution in [0.3, 0.4) is 0 Å². The maximum atomic E-state index is 13.6. The maximum Gasteiger partial charge on any atom is 0.277 e. The second-order valence-electron chi connectivity index (χ2n) is 6.82. The van der Waals surface area contributed by atoms with Crippen molar-refractivity contribution in [1.29, 1.82) is 0 Å². The molecule has 0 aromatic heterocycles. The summed E-state index contributed by atoms with van der Waals surface area (Å²) in [4.78, 5) is 28.1. The lowest BCUT2D eigenvalue weighted by atomic mass is 10.0. The van der Waals surface area contributed by atoms with Crippen molar-refractivity contribution in [3.63, 3.8) is 0 Å². The molecule has 158 valence electrons. The van der Waals surface area contributed by atoms with Gasteiger partial charge in [-0.05, 0) is 35.9 Å². The first kappa shape index (κ1) is 22.1. The summed E-state index contributed by atoms with van der Waals surface area (Å²) in [5.74, 6) is -0.965. The molecule has 0 N–H and O–H groups in total. The summed E-state index contributed by atoms with van der Waals surface area (Å²) < 4.78 is 26.9. The minimum Gasteiger partial charge on any atom is -0.294 e. The fraction of sp³-hybridized carbons (Fsp3) is 0.120. The minimum absolute atomic E-state index is 0.0406. The van der Waals surface area contributed by atoms with Crippen molar-refractivity contribution in [2.75, 3.05) is 14.2 Å². The molecule has 0 radical (unpaired) electrons. The highest BCUT2D eigenvalue weighted by atomic mass is 19.1. The van der Waals surface area contributed by atoms with E-state index in [2.05, 4.69) is 0 Å². The SMILES string of the molecule is CC(=O)c1cccc2c(F)cccc12.CON(C)C(=O)c1cccc2c(F)cccc12. The van der Waals surface area contributed by atoms with Gasteiger partial charge < -0.3 is 0 Å². The number of hydroxylamine groups is 2. The number of hydrogen-bond acceptors (Lipinski definition) is 3. The van der Waals surface area contributed by atoms with Gasteiger partial charge in [-0.15, -0.1) is 0 Å². The molecule has 0 aliphatic carbocycles. The molecule has 0 unspecified atom stereocenters. The first-order valence-electron chi connectivity index (χ1n) is 9.52. The monoisotopic (exact) mass is 421 g/mol. The van der Waals surface area contributed by atoms with E-state index in [1.54, 1.807) is 60.7 Å². The highest BCUT2D eigenvalue weighted by Gasteiger charge is 2.15. The number of rotatable bonds is 3. The van der Waals surface area contributed by atoms with E-state index >= 15 is 0 Å². The number of nitrogens with zero attached hydrogens (tertiary/aromatic N) is 1. The number of carbonyl (C=O) groups is 2. The van der Waals surface area contributed by atoms with Crippen molar-refractivity contribution >= 4 is 33.2 Å². The molecule has 4 aromatic carbocycles. The number of hydrogen-bond donors (Lipinski definition) is 0. The third kappa shape index (κ3) is 4.59. The van der Waals surface area contributed by atoms with E-state index in [0.29, 0.717) is 32.7 Å². The van der Waals surface area contributed by atoms with Gasteiger partial charge in [-0.3, -0.25) is 14.4 Å². The summed E-state index contributed by atoms with van der Waals surface area (Å²) in [5, 5.41) is 3.31. The normalized spacial score (nSPS) is 10.5. The van der Waals surface area contributed by atoms with Crippen LogP contribution in [0.1, 0.15) is 27.6 Å². The fourth-order valence-electron chi connectivity index (χ4n) is 3.29. The third-order valence-corrected chi connectivity index (χ3v) is 4.91. The lowest BCUT2D eigenvalue weighted by Gasteiger charge is -2.15. The fourth-order valence-corrected chi connectivity index (χ4v) is 3.29. The lowest BCUT2D eigenvalue weighted by molar-refractivity contribution is -0.0755. The Morgan fingerprint density at radius 3 is 1.61 bits per heavy atom. The molecular weight excluding hydrogens is 400 g/mol. The average Bonchev–Trinajstić information content (AvgIpc) is 2.78. The lowest BCUT2D eigenvalue weighted by Crippen LogP contribution is -2.25. The smallest absolute Gasteiger partial charge is 0.277 e. The second kappa shape index (κ2) is 9.45. The van der Waals surface area contributed by atoms with Crippen molar-refractivity contribution < 1.29 is 23.2 Å². The zero-order chi connectivity index (χ0) is 22.5. The zero-order valence-electron chi connectivity index (χ0n) is 17.4. The Balaban J connectivity index is 0.000000179. The van der Waals surface area contributed by atoms with Crippen LogP contribution in [0.15, 0.2) is 72.8 Å². The summed E-state index contributed by atoms with van der Waals surface area (Å²) in [5.41, 5.74) is 0.994. The van der Waals surface area contributed by atoms with Crippen molar-refractivity contribution in [3.05, 3.63) is 95.6 Å². The van der Waals surface area contributed by atoms with Crippen molar-refractivity contribution in [2.24, 2.45) is 0 Å². The first-order chi connectivity index (χ1) is 14.8. The van der Waals surface area contributed by atoms with Gasteiger partial charge in [0.2, 0.25) is 0 Å². The molecule has 4 nitrogen and oxygen atoms in total. The molecule has 0 aliphatic heterocycles. The van der Waals surface area contributed by atoms with Gasteiger partial charge in [0.25, 0.3) is 5.91 Å². The summed E-state index contributed by atoms with van der Waals surface area (Å²) >= 11 is 0. The van der Waals surface area contributed by atoms with E-state index in [4.69, 9.17) is 4.84 Å². The van der Waals surface area contributed by atoms with Gasteiger partial charge in [0.15, 0.2) is 5.78 Å². The average molecular weight is 421 g/mol. The molecule has 0 fully saturated rings. The molecule has 6 heteroatoms. The second-order valence-corrected chi connectivity index (χ2v) is 6.82. The molecule has 0 heterocycles. The van der Waals surface area contributed by atoms with Crippen LogP contribution in [0.2, 0.25) is 0 Å². The standard InChI is InChI=1S/C13H12FNO2.C12H9FO/c1-15(17-2)13(16)11-7-3-6-10-9(11)5-4-8-12(10)14;1-8(14)9-4-2-6-11-10(9)5-3-7-12(11)13/h3-8H,1-2H3;2-7H,1H3. The molecule has 1 amide bonds. The van der Waals surface area contributed by atoms with Gasteiger partial charge in [-0.2, -0.15) is 0 Å². The minimum atomic E-state index is -0.336. The Hall–Kier alpha value is -3.64. The van der Waals surface area contributed by atoms with E-state index in [1.807, 2.05) is 0 Å². The topological polar surface area (TPSA) is 46.6 Å². The molecule has 4 aromatic rings. The van der Waals surface area contributed by atoms with E-state index in [1.165, 1.54) is 33.2 Å². The van der Waals surface area contributed by atoms with Gasteiger partial charge in [0, 0.05) is 28.9 Å². The number of ketones is 1. The first-order valence-corrected chi connectivity index (χ1v) is 9.52. The number of Topliss-reactive ketones (excluding diaryl/α,β-unsaturated/α-hetero) is 1. The summed E-state index contributed by atoms with van der Waals surface area (Å²) in [6, 6.07) is 19.5. The molecule has 0 saturated heterocycles. The number of carbonyl (C=O) groups excluding carboxylic acids is 2. The Bertz CT molecular complexity index is 1270. The Morgan fingerprint density at radius 2 is 1.13 bits per heavy atom. The van der Waals surface area contributed by atoms with Crippen LogP contribution in [0, 0.1) is 11.6 Å². The van der Waals surface area contributed by atoms with E-state index in [9.17, 15) is 18.4 Å². The van der Waals surface area contributed by atoms with Gasteiger partial charge in [0.1, 0.15) is 11.6 Å². The Kier molecular flexibility index (Phi) is 6.72. The molecule has 0 bridgehead atoms. The summed E-state index contributed by atoms with van der Waals surface area (Å²) in [6.45, 7) is 1.49. The van der Waals surface area contributed by atoms with Gasteiger partial charge >= 0.3 is 0 Å². The molecule has 4 rings (SSSR count). The van der Waals surface area contributed by atoms with Crippen LogP contribution in [-0.4, -0.2) is 30.9 Å². The van der Waals surface area contributed by atoms with Crippen LogP contribution in [-0.2, 0) is 4.84 Å². The van der Waals surface area contributed by atoms with Crippen molar-refractivity contribution in [3.8, 4) is 0 Å². The van der Waals surface area contributed by atoms with E-state index < -0.39 is 0 Å². The quantitative estimate of drug-likeness (QED) is 0.311. The number of fused-ring (bicyclic) bond motifs is 2. The third-order valence-electron chi connectivity index (χ3n) is 4.91. The van der Waals surface area contributed by atoms with E-state index in [-0.39, 0.29) is 23.3 Å². The molecule has 0 atom stereocenters. The Labute approximate surface area is 178 Å². The molecule has 31 heavy (non-hydrogen) atoms. The van der Waals surface area contributed by atoms with Crippen molar-refractivity contribution in [1.82, 2.24) is 5.06 Å². The molecule has 0 spiro atoms. The molecule has 0 saturated carbocycles. The van der Waals surface area contributed by atoms with Crippen LogP contribution in [0.4, 0.5) is 8.78 Å². The Morgan fingerprint density at radius 1 is 0.710 bits per heavy atom. The van der Waals surface area contributed by atoms with Crippen LogP contribution in [0.5, 0.6) is 0 Å². The largest absolute Gasteiger partial charge is 0.294 e. The predicted molar refractivity (Wildman–Crippen MR) is 117 cm³/mol. The van der Waals surface area contributed by atoms with Gasteiger partial charge in [0.05, 0.1) is 7.11 Å². The number of halogens is 2. The maximum absolute atomic E-state index is 13.6. The molecule has 0 aliphatic rings. The van der Waals surface area contributed by atoms with Gasteiger partial charge in [-0.1, -0.05) is 54.6 Å². The van der Waals surface area contributed by atoms with E-state index in [0.717, 1.165) is 5.06 Å². The van der Waals surface area contributed by atoms with Crippen LogP contribution < -0.4 is 0 Å². The van der Waals surface area contributed by atoms with Gasteiger partial charge in [-0.25, -0.2) is 13.8 Å². The zero-order valence-corrected chi connectivity index (χ0v) is 17.4. The highest BCUT2D eigenvalue weighted by Crippen LogP contribution is 2.23. The molecular formula is C25H21F2NO3.